The molecule has 127 heavy (non-hydrogen) atoms. The van der Waals surface area contributed by atoms with Gasteiger partial charge in [0, 0.05) is 135 Å². The molecule has 0 aliphatic carbocycles. The summed E-state index contributed by atoms with van der Waals surface area (Å²) in [5.74, 6) is 9.02. The molecule has 0 unspecified atom stereocenters. The number of aryl methyl sites for hydroxylation is 1. The summed E-state index contributed by atoms with van der Waals surface area (Å²) < 4.78 is 68.9. The van der Waals surface area contributed by atoms with Crippen LogP contribution in [0.2, 0.25) is 0 Å². The molecule has 2 atom stereocenters. The third kappa shape index (κ3) is 17.8. The lowest BCUT2D eigenvalue weighted by Gasteiger charge is -2.32. The second-order valence-corrected chi connectivity index (χ2v) is 36.3. The van der Waals surface area contributed by atoms with Gasteiger partial charge in [0.05, 0.1) is 83.9 Å². The van der Waals surface area contributed by atoms with Crippen molar-refractivity contribution in [2.24, 2.45) is 17.2 Å². The van der Waals surface area contributed by atoms with Gasteiger partial charge in [-0.1, -0.05) is 18.2 Å². The van der Waals surface area contributed by atoms with E-state index in [1.807, 2.05) is 110 Å². The molecule has 17 heterocycles. The number of hydrogen-bond acceptors (Lipinski definition) is 28. The van der Waals surface area contributed by atoms with E-state index in [1.165, 1.54) is 11.1 Å². The number of nitrogens with zero attached hydrogens (tertiary/aromatic N) is 25. The highest BCUT2D eigenvalue weighted by Gasteiger charge is 2.35. The normalized spacial score (nSPS) is 16.1. The van der Waals surface area contributed by atoms with Gasteiger partial charge >= 0.3 is 0 Å². The predicted octanol–water partition coefficient (Wildman–Crippen LogP) is 8.99. The molecule has 3 fully saturated rings. The summed E-state index contributed by atoms with van der Waals surface area (Å²) in [6, 6.07) is 21.7. The standard InChI is InChI=1S/C24H28N8O2.C23H27N7O3S2.C20H24N8O2.C19H22N6O3/c1-14(2)32-22(27-15(3)29-32)19-13-30-8-9-34-20-10-16(6-7-18(20)21(30)28-19)17-11-26-31(12-17)24(4,5)23(25)33;1-35(31,32)30-7-5-28(6-8-30)15-16-13-20-21(34-16)23(29-9-11-33-12-10-29)26-22(25-20)17-3-2-4-19-18(17)14-24-27-19;1-12(2)28-20(23-11-24-28)14-10-26-6-7-30-16-8-17(22-9-13(16)19(26)25-14)27-5-3-4-15(27)18(21)29;1-11(2)25-19(21-10-22-25)15-9-24-6-7-27-16-8-13(28-12(3)17(20)26)4-5-14(16)18(24)23-15/h6-7,10-14H,8-9H2,1-5H3,(H2,25,33);2-4,13-14H,5-12,15H2,1H3,(H,24,27);8-12,15H,3-7H2,1-2H3,(H2,21,29);4-5,8-12H,6-7H2,1-3H3,(H2,20,26)/t;;15-;12-/m..00/s1. The molecule has 41 heteroatoms. The average Bonchev–Trinajstić information content (AvgIpc) is 1.66. The molecule has 0 spiro atoms. The molecule has 0 radical (unpaired) electrons. The van der Waals surface area contributed by atoms with Crippen molar-refractivity contribution in [1.29, 1.82) is 0 Å². The number of anilines is 2. The van der Waals surface area contributed by atoms with Crippen LogP contribution < -0.4 is 45.9 Å². The van der Waals surface area contributed by atoms with Gasteiger partial charge < -0.3 is 64.4 Å². The van der Waals surface area contributed by atoms with Crippen LogP contribution in [0.5, 0.6) is 23.0 Å². The molecule has 0 bridgehead atoms. The highest BCUT2D eigenvalue weighted by Crippen LogP contribution is 2.43. The first kappa shape index (κ1) is 85.8. The number of H-pyrrole nitrogens is 1. The lowest BCUT2D eigenvalue weighted by Crippen LogP contribution is -2.47. The Bertz CT molecular complexity index is 6530. The molecule has 7 N–H and O–H groups in total. The van der Waals surface area contributed by atoms with Crippen LogP contribution in [0.1, 0.15) is 104 Å². The lowest BCUT2D eigenvalue weighted by atomic mass is 10.0. The highest BCUT2D eigenvalue weighted by molar-refractivity contribution is 7.88. The van der Waals surface area contributed by atoms with Crippen molar-refractivity contribution in [1.82, 2.24) is 117 Å². The zero-order valence-electron chi connectivity index (χ0n) is 72.5. The fourth-order valence-corrected chi connectivity index (χ4v) is 18.1. The maximum atomic E-state index is 11.8. The molecule has 0 saturated carbocycles. The monoisotopic (exact) mass is 1760 g/mol. The summed E-state index contributed by atoms with van der Waals surface area (Å²) >= 11 is 1.73. The zero-order valence-corrected chi connectivity index (χ0v) is 74.1. The molecule has 6 aliphatic rings. The number of nitrogens with two attached hydrogens (primary N) is 3. The number of ether oxygens (including phenoxy) is 5. The quantitative estimate of drug-likeness (QED) is 0.0586. The first-order valence-electron chi connectivity index (χ1n) is 42.3. The molecule has 3 saturated heterocycles. The van der Waals surface area contributed by atoms with E-state index >= 15 is 0 Å². The molecule has 6 aliphatic heterocycles. The number of pyridine rings is 1. The van der Waals surface area contributed by atoms with Crippen LogP contribution in [-0.2, 0) is 60.9 Å². The minimum atomic E-state index is -3.13. The number of carbonyl (C=O) groups excluding carboxylic acids is 3. The van der Waals surface area contributed by atoms with Gasteiger partial charge in [-0.15, -0.1) is 11.3 Å². The third-order valence-electron chi connectivity index (χ3n) is 22.9. The predicted molar refractivity (Wildman–Crippen MR) is 476 cm³/mol. The van der Waals surface area contributed by atoms with E-state index in [-0.39, 0.29) is 30.1 Å². The number of primary amides is 3. The van der Waals surface area contributed by atoms with E-state index in [2.05, 4.69) is 117 Å². The fraction of sp³-hybridized carbons (Fsp3) is 0.407. The minimum Gasteiger partial charge on any atom is -0.491 e. The number of rotatable bonds is 19. The molecule has 11 aromatic heterocycles. The van der Waals surface area contributed by atoms with Crippen LogP contribution in [-0.4, -0.2) is 240 Å². The second kappa shape index (κ2) is 35.6. The van der Waals surface area contributed by atoms with Crippen molar-refractivity contribution < 1.29 is 46.5 Å². The number of thiophene rings is 1. The van der Waals surface area contributed by atoms with E-state index in [0.29, 0.717) is 94.6 Å². The molecule has 20 rings (SSSR count). The van der Waals surface area contributed by atoms with Crippen LogP contribution in [0.25, 0.3) is 112 Å². The third-order valence-corrected chi connectivity index (χ3v) is 25.4. The van der Waals surface area contributed by atoms with Gasteiger partial charge in [0.2, 0.25) is 21.8 Å². The summed E-state index contributed by atoms with van der Waals surface area (Å²) in [6.45, 7) is 29.8. The Morgan fingerprint density at radius 3 is 1.81 bits per heavy atom. The van der Waals surface area contributed by atoms with Crippen molar-refractivity contribution in [2.45, 2.75) is 144 Å². The van der Waals surface area contributed by atoms with Crippen LogP contribution in [0.4, 0.5) is 11.6 Å². The van der Waals surface area contributed by atoms with Crippen LogP contribution >= 0.6 is 11.3 Å². The Morgan fingerprint density at radius 2 is 1.20 bits per heavy atom. The Balaban J connectivity index is 0.000000120. The van der Waals surface area contributed by atoms with Gasteiger partial charge in [-0.3, -0.25) is 29.1 Å². The number of carbonyl (C=O) groups is 3. The number of benzene rings is 3. The number of fused-ring (bicyclic) bond motifs is 11. The first-order chi connectivity index (χ1) is 61.1. The van der Waals surface area contributed by atoms with Gasteiger partial charge in [-0.2, -0.15) is 29.8 Å². The smallest absolute Gasteiger partial charge is 0.258 e. The number of amides is 3. The Hall–Kier alpha value is -13.4. The number of nitrogens with one attached hydrogen (secondary N) is 1. The summed E-state index contributed by atoms with van der Waals surface area (Å²) in [7, 11) is -3.13. The number of imidazole rings is 3. The number of aromatic nitrogens is 22. The van der Waals surface area contributed by atoms with Gasteiger partial charge in [0.25, 0.3) is 5.91 Å². The van der Waals surface area contributed by atoms with E-state index < -0.39 is 33.5 Å². The van der Waals surface area contributed by atoms with Crippen LogP contribution in [0, 0.1) is 6.92 Å². The van der Waals surface area contributed by atoms with Crippen molar-refractivity contribution in [3.05, 3.63) is 133 Å². The molecular formula is C86H101N29O10S2. The topological polar surface area (TPSA) is 453 Å². The number of morpholine rings is 1. The van der Waals surface area contributed by atoms with Gasteiger partial charge in [-0.05, 0) is 124 Å². The van der Waals surface area contributed by atoms with E-state index in [1.54, 1.807) is 78.3 Å². The van der Waals surface area contributed by atoms with E-state index in [0.717, 1.165) is 176 Å². The minimum absolute atomic E-state index is 0.177. The van der Waals surface area contributed by atoms with Gasteiger partial charge in [0.15, 0.2) is 35.2 Å². The van der Waals surface area contributed by atoms with Crippen molar-refractivity contribution in [3.63, 3.8) is 0 Å². The summed E-state index contributed by atoms with van der Waals surface area (Å²) in [5.41, 5.74) is 25.0. The maximum Gasteiger partial charge on any atom is 0.258 e. The van der Waals surface area contributed by atoms with Crippen molar-refractivity contribution in [2.75, 3.05) is 94.9 Å². The zero-order chi connectivity index (χ0) is 88.9. The van der Waals surface area contributed by atoms with Crippen LogP contribution in [0.15, 0.2) is 123 Å². The largest absolute Gasteiger partial charge is 0.491 e. The molecule has 14 aromatic rings. The van der Waals surface area contributed by atoms with Crippen molar-refractivity contribution >= 4 is 71.8 Å². The van der Waals surface area contributed by atoms with Gasteiger partial charge in [0.1, 0.15) is 113 Å². The fourth-order valence-electron chi connectivity index (χ4n) is 16.1. The van der Waals surface area contributed by atoms with E-state index in [4.69, 9.17) is 65.8 Å². The highest BCUT2D eigenvalue weighted by atomic mass is 32.2. The van der Waals surface area contributed by atoms with E-state index in [9.17, 15) is 22.8 Å². The molecular weight excluding hydrogens is 1660 g/mol. The number of hydrogen-bond donors (Lipinski definition) is 4. The lowest BCUT2D eigenvalue weighted by molar-refractivity contribution is -0.125. The Kier molecular flexibility index (Phi) is 24.0. The second-order valence-electron chi connectivity index (χ2n) is 33.1. The SMILES string of the molecule is CC(C)n1ncnc1-c1cn2c(n1)-c1ccc(O[C@@H](C)C(N)=O)cc1OCC2.CC(C)n1ncnc1-c1cn2c(n1)-c1cnc(N3CCC[C@H]3C(N)=O)cc1OCC2.CS(=O)(=O)N1CCN(Cc2cc3nc(-c4cccc5[nH]ncc45)nc(N4CCOCC4)c3s2)CC1.Cc1nc(-c2cn3c(n2)-c2ccc(-c4cnn(C(C)(C)C(N)=O)c4)cc2OCC3)n(C(C)C)n1. The van der Waals surface area contributed by atoms with Crippen LogP contribution in [0.3, 0.4) is 0 Å². The molecule has 3 amide bonds. The maximum absolute atomic E-state index is 11.8. The number of piperazine rings is 1. The molecule has 3 aromatic carbocycles. The summed E-state index contributed by atoms with van der Waals surface area (Å²) in [4.78, 5) is 85.2. The number of sulfonamides is 1. The Labute approximate surface area is 735 Å². The average molecular weight is 1770 g/mol. The Morgan fingerprint density at radius 1 is 0.598 bits per heavy atom. The summed E-state index contributed by atoms with van der Waals surface area (Å²) in [5, 5.41) is 25.7. The van der Waals surface area contributed by atoms with Gasteiger partial charge in [-0.25, -0.2) is 67.3 Å². The van der Waals surface area contributed by atoms with Crippen molar-refractivity contribution in [3.8, 4) is 114 Å². The first-order valence-corrected chi connectivity index (χ1v) is 45.0. The molecule has 662 valence electrons. The molecule has 39 nitrogen and oxygen atoms in total. The summed E-state index contributed by atoms with van der Waals surface area (Å²) in [6.07, 6.45) is 18.4. The number of aromatic amines is 1.